The maximum Gasteiger partial charge on any atom is 0.425 e. The Morgan fingerprint density at radius 2 is 1.52 bits per heavy atom. The summed E-state index contributed by atoms with van der Waals surface area (Å²) in [6.07, 6.45) is 5.00. The van der Waals surface area contributed by atoms with E-state index in [9.17, 15) is 27.6 Å². The van der Waals surface area contributed by atoms with E-state index in [2.05, 4.69) is 6.92 Å². The quantitative estimate of drug-likeness (QED) is 0.0864. The monoisotopic (exact) mass is 642 g/mol. The van der Waals surface area contributed by atoms with Gasteiger partial charge in [-0.05, 0) is 62.3 Å². The number of ketones is 1. The molecule has 250 valence electrons. The molecule has 0 aromatic heterocycles. The van der Waals surface area contributed by atoms with Gasteiger partial charge in [0.2, 0.25) is 0 Å². The van der Waals surface area contributed by atoms with Gasteiger partial charge in [-0.3, -0.25) is 4.79 Å². The second kappa shape index (κ2) is 19.1. The molecule has 0 aliphatic heterocycles. The van der Waals surface area contributed by atoms with Crippen molar-refractivity contribution in [3.63, 3.8) is 0 Å². The Balaban J connectivity index is 1.61. The van der Waals surface area contributed by atoms with Crippen LogP contribution in [0.25, 0.3) is 5.57 Å². The lowest BCUT2D eigenvalue weighted by molar-refractivity contribution is -0.206. The Morgan fingerprint density at radius 1 is 0.826 bits per heavy atom. The van der Waals surface area contributed by atoms with E-state index >= 15 is 0 Å². The highest BCUT2D eigenvalue weighted by Crippen LogP contribution is 2.30. The third-order valence-electron chi connectivity index (χ3n) is 7.83. The maximum absolute atomic E-state index is 13.7. The molecule has 1 aliphatic carbocycles. The molecule has 0 bridgehead atoms. The number of carbonyl (C=O) groups is 3. The van der Waals surface area contributed by atoms with Crippen molar-refractivity contribution in [1.82, 2.24) is 0 Å². The second-order valence-electron chi connectivity index (χ2n) is 11.5. The summed E-state index contributed by atoms with van der Waals surface area (Å²) in [5, 5.41) is 0. The third-order valence-corrected chi connectivity index (χ3v) is 7.83. The number of carbonyl (C=O) groups excluding carboxylic acids is 3. The van der Waals surface area contributed by atoms with Crippen molar-refractivity contribution in [2.75, 3.05) is 13.2 Å². The van der Waals surface area contributed by atoms with Crippen molar-refractivity contribution in [2.45, 2.75) is 103 Å². The van der Waals surface area contributed by atoms with Gasteiger partial charge < -0.3 is 14.2 Å². The fourth-order valence-electron chi connectivity index (χ4n) is 5.19. The number of alkyl halides is 3. The van der Waals surface area contributed by atoms with Crippen molar-refractivity contribution in [3.8, 4) is 5.75 Å². The van der Waals surface area contributed by atoms with Gasteiger partial charge in [0, 0.05) is 30.8 Å². The predicted molar refractivity (Wildman–Crippen MR) is 172 cm³/mol. The van der Waals surface area contributed by atoms with Gasteiger partial charge in [0.25, 0.3) is 0 Å². The number of esters is 2. The van der Waals surface area contributed by atoms with E-state index in [0.29, 0.717) is 31.6 Å². The summed E-state index contributed by atoms with van der Waals surface area (Å²) >= 11 is 0. The van der Waals surface area contributed by atoms with Crippen LogP contribution in [0.5, 0.6) is 5.75 Å². The van der Waals surface area contributed by atoms with E-state index in [1.165, 1.54) is 68.0 Å². The molecule has 0 heterocycles. The summed E-state index contributed by atoms with van der Waals surface area (Å²) in [6, 6.07) is 13.3. The van der Waals surface area contributed by atoms with Crippen LogP contribution in [0.15, 0.2) is 66.3 Å². The molecule has 9 heteroatoms. The SMILES string of the molecule is CCCCCCCCc1ccc(C2=CC=C(C(=O)Oc3ccccc3C(=O)OC(CCCCCOCC)C(F)(F)F)CC2=O)cc1. The molecular formula is C37H45F3O6. The molecule has 0 amide bonds. The zero-order chi connectivity index (χ0) is 33.4. The summed E-state index contributed by atoms with van der Waals surface area (Å²) in [4.78, 5) is 38.8. The number of aryl methyl sites for hydroxylation is 1. The Hall–Kier alpha value is -3.72. The van der Waals surface area contributed by atoms with Crippen LogP contribution in [-0.2, 0) is 25.5 Å². The third kappa shape index (κ3) is 11.9. The molecule has 2 aromatic rings. The van der Waals surface area contributed by atoms with Crippen molar-refractivity contribution >= 4 is 23.3 Å². The molecule has 6 nitrogen and oxygen atoms in total. The van der Waals surface area contributed by atoms with Gasteiger partial charge in [-0.2, -0.15) is 13.2 Å². The molecule has 0 saturated carbocycles. The average molecular weight is 643 g/mol. The number of unbranched alkanes of at least 4 members (excludes halogenated alkanes) is 7. The smallest absolute Gasteiger partial charge is 0.425 e. The first-order chi connectivity index (χ1) is 22.1. The first-order valence-electron chi connectivity index (χ1n) is 16.3. The molecule has 0 spiro atoms. The van der Waals surface area contributed by atoms with Crippen LogP contribution in [0.2, 0.25) is 0 Å². The standard InChI is InChI=1S/C37H45F3O6/c1-3-5-6-7-8-10-15-27-19-21-28(22-20-27)30-24-23-29(26-32(30)41)35(42)45-33-17-13-12-16-31(33)36(43)46-34(37(38,39)40)18-11-9-14-25-44-4-2/h12-13,16-17,19-24,34H,3-11,14-15,18,25-26H2,1-2H3. The predicted octanol–water partition coefficient (Wildman–Crippen LogP) is 9.16. The molecule has 2 aromatic carbocycles. The van der Waals surface area contributed by atoms with Crippen molar-refractivity contribution in [3.05, 3.63) is 82.9 Å². The molecule has 1 unspecified atom stereocenters. The summed E-state index contributed by atoms with van der Waals surface area (Å²) < 4.78 is 56.4. The molecule has 3 rings (SSSR count). The Morgan fingerprint density at radius 3 is 2.22 bits per heavy atom. The Bertz CT molecular complexity index is 1340. The van der Waals surface area contributed by atoms with Crippen LogP contribution in [0.3, 0.4) is 0 Å². The summed E-state index contributed by atoms with van der Waals surface area (Å²) in [6.45, 7) is 5.03. The molecule has 0 N–H and O–H groups in total. The van der Waals surface area contributed by atoms with E-state index in [4.69, 9.17) is 14.2 Å². The van der Waals surface area contributed by atoms with Gasteiger partial charge in [0.05, 0.1) is 0 Å². The van der Waals surface area contributed by atoms with Gasteiger partial charge >= 0.3 is 18.1 Å². The van der Waals surface area contributed by atoms with Crippen LogP contribution in [0, 0.1) is 0 Å². The Labute approximate surface area is 270 Å². The van der Waals surface area contributed by atoms with Crippen LogP contribution in [-0.4, -0.2) is 43.2 Å². The molecule has 0 saturated heterocycles. The fraction of sp³-hybridized carbons (Fsp3) is 0.486. The highest BCUT2D eigenvalue weighted by atomic mass is 19.4. The normalized spacial score (nSPS) is 14.0. The fourth-order valence-corrected chi connectivity index (χ4v) is 5.19. The van der Waals surface area contributed by atoms with Gasteiger partial charge in [-0.15, -0.1) is 0 Å². The van der Waals surface area contributed by atoms with Crippen LogP contribution < -0.4 is 4.74 Å². The number of benzene rings is 2. The molecular weight excluding hydrogens is 597 g/mol. The van der Waals surface area contributed by atoms with Gasteiger partial charge in [-0.1, -0.05) is 94.0 Å². The summed E-state index contributed by atoms with van der Waals surface area (Å²) in [5.41, 5.74) is 2.18. The number of hydrogen-bond donors (Lipinski definition) is 0. The highest BCUT2D eigenvalue weighted by Gasteiger charge is 2.42. The molecule has 1 aliphatic rings. The first kappa shape index (κ1) is 36.7. The van der Waals surface area contributed by atoms with E-state index in [1.807, 2.05) is 31.2 Å². The topological polar surface area (TPSA) is 78.9 Å². The number of rotatable bonds is 19. The largest absolute Gasteiger partial charge is 0.449 e. The number of ether oxygens (including phenoxy) is 3. The minimum Gasteiger partial charge on any atom is -0.449 e. The zero-order valence-corrected chi connectivity index (χ0v) is 26.8. The van der Waals surface area contributed by atoms with Gasteiger partial charge in [-0.25, -0.2) is 9.59 Å². The number of Topliss-reactive ketones (excluding diaryl/α,β-unsaturated/α-hetero) is 1. The second-order valence-corrected chi connectivity index (χ2v) is 11.5. The summed E-state index contributed by atoms with van der Waals surface area (Å²) in [5.74, 6) is -2.64. The molecule has 0 fully saturated rings. The van der Waals surface area contributed by atoms with Crippen LogP contribution >= 0.6 is 0 Å². The van der Waals surface area contributed by atoms with Crippen LogP contribution in [0.1, 0.15) is 106 Å². The summed E-state index contributed by atoms with van der Waals surface area (Å²) in [7, 11) is 0. The zero-order valence-electron chi connectivity index (χ0n) is 26.8. The van der Waals surface area contributed by atoms with Gasteiger partial charge in [0.15, 0.2) is 11.9 Å². The maximum atomic E-state index is 13.7. The lowest BCUT2D eigenvalue weighted by Gasteiger charge is -2.21. The van der Waals surface area contributed by atoms with Crippen molar-refractivity contribution in [2.24, 2.45) is 0 Å². The number of allylic oxidation sites excluding steroid dienone is 3. The minimum atomic E-state index is -4.76. The number of para-hydroxylation sites is 1. The van der Waals surface area contributed by atoms with Crippen molar-refractivity contribution in [1.29, 1.82) is 0 Å². The number of hydrogen-bond acceptors (Lipinski definition) is 6. The Kier molecular flexibility index (Phi) is 15.2. The molecule has 1 atom stereocenters. The average Bonchev–Trinajstić information content (AvgIpc) is 3.03. The van der Waals surface area contributed by atoms with Gasteiger partial charge in [0.1, 0.15) is 11.3 Å². The van der Waals surface area contributed by atoms with E-state index in [-0.39, 0.29) is 35.5 Å². The lowest BCUT2D eigenvalue weighted by Crippen LogP contribution is -2.34. The highest BCUT2D eigenvalue weighted by molar-refractivity contribution is 6.24. The van der Waals surface area contributed by atoms with E-state index in [0.717, 1.165) is 18.4 Å². The van der Waals surface area contributed by atoms with Crippen molar-refractivity contribution < 1.29 is 41.8 Å². The lowest BCUT2D eigenvalue weighted by atomic mass is 9.91. The first-order valence-corrected chi connectivity index (χ1v) is 16.3. The molecule has 0 radical (unpaired) electrons. The molecule has 46 heavy (non-hydrogen) atoms. The minimum absolute atomic E-state index is 0.0665. The van der Waals surface area contributed by atoms with E-state index in [1.54, 1.807) is 6.08 Å². The number of halogens is 3. The van der Waals surface area contributed by atoms with Crippen LogP contribution in [0.4, 0.5) is 13.2 Å². The van der Waals surface area contributed by atoms with E-state index < -0.39 is 30.6 Å².